The summed E-state index contributed by atoms with van der Waals surface area (Å²) in [6, 6.07) is 4.95. The molecule has 2 unspecified atom stereocenters. The number of ketones is 1. The Kier molecular flexibility index (Phi) is 6.01. The summed E-state index contributed by atoms with van der Waals surface area (Å²) in [4.78, 5) is 38.8. The van der Waals surface area contributed by atoms with E-state index in [2.05, 4.69) is 12.6 Å². The fraction of sp³-hybridized carbons (Fsp3) is 0.526. The van der Waals surface area contributed by atoms with Gasteiger partial charge in [-0.05, 0) is 18.9 Å². The first-order chi connectivity index (χ1) is 12.1. The predicted octanol–water partition coefficient (Wildman–Crippen LogP) is 2.67. The lowest BCUT2D eigenvalue weighted by molar-refractivity contribution is -0.154. The molecule has 1 amide bonds. The summed E-state index contributed by atoms with van der Waals surface area (Å²) in [6.07, 6.45) is 0.673. The number of phenols is 1. The van der Waals surface area contributed by atoms with E-state index in [1.165, 1.54) is 11.0 Å². The molecule has 1 aliphatic heterocycles. The molecule has 3 atom stereocenters. The third-order valence-corrected chi connectivity index (χ3v) is 5.12. The third kappa shape index (κ3) is 3.87. The average Bonchev–Trinajstić information content (AvgIpc) is 2.99. The monoisotopic (exact) mass is 379 g/mol. The molecule has 1 heterocycles. The van der Waals surface area contributed by atoms with Crippen LogP contribution in [0.25, 0.3) is 0 Å². The van der Waals surface area contributed by atoms with Crippen molar-refractivity contribution in [3.8, 4) is 5.75 Å². The summed E-state index contributed by atoms with van der Waals surface area (Å²) in [5.74, 6) is -2.94. The van der Waals surface area contributed by atoms with Gasteiger partial charge in [0.2, 0.25) is 5.91 Å². The Hall–Kier alpha value is -2.02. The molecule has 0 aromatic heterocycles. The van der Waals surface area contributed by atoms with Gasteiger partial charge in [-0.15, -0.1) is 0 Å². The highest BCUT2D eigenvalue weighted by Crippen LogP contribution is 2.41. The maximum atomic E-state index is 13.2. The minimum absolute atomic E-state index is 0.00523. The van der Waals surface area contributed by atoms with Crippen molar-refractivity contribution in [2.45, 2.75) is 45.7 Å². The molecule has 1 aliphatic rings. The van der Waals surface area contributed by atoms with Crippen molar-refractivity contribution in [3.05, 3.63) is 29.8 Å². The van der Waals surface area contributed by atoms with Gasteiger partial charge >= 0.3 is 5.97 Å². The Morgan fingerprint density at radius 3 is 2.35 bits per heavy atom. The molecule has 1 aromatic rings. The van der Waals surface area contributed by atoms with Crippen molar-refractivity contribution in [1.29, 1.82) is 0 Å². The molecule has 0 saturated carbocycles. The molecule has 0 aliphatic carbocycles. The van der Waals surface area contributed by atoms with Crippen LogP contribution >= 0.6 is 12.6 Å². The molecule has 0 spiro atoms. The topological polar surface area (TPSA) is 94.9 Å². The average molecular weight is 379 g/mol. The second-order valence-electron chi connectivity index (χ2n) is 7.60. The van der Waals surface area contributed by atoms with Crippen LogP contribution in [0.2, 0.25) is 0 Å². The zero-order chi connectivity index (χ0) is 19.6. The van der Waals surface area contributed by atoms with Crippen molar-refractivity contribution in [2.75, 3.05) is 5.75 Å². The van der Waals surface area contributed by atoms with Gasteiger partial charge in [-0.2, -0.15) is 12.6 Å². The fourth-order valence-corrected chi connectivity index (χ4v) is 3.73. The molecule has 7 heteroatoms. The van der Waals surface area contributed by atoms with Gasteiger partial charge < -0.3 is 15.1 Å². The van der Waals surface area contributed by atoms with Crippen LogP contribution in [-0.4, -0.2) is 44.6 Å². The summed E-state index contributed by atoms with van der Waals surface area (Å²) in [6.45, 7) is 5.16. The number of amides is 1. The van der Waals surface area contributed by atoms with Crippen LogP contribution in [0.5, 0.6) is 5.75 Å². The Bertz CT molecular complexity index is 712. The number of benzene rings is 1. The van der Waals surface area contributed by atoms with Crippen LogP contribution < -0.4 is 0 Å². The lowest BCUT2D eigenvalue weighted by atomic mass is 9.83. The van der Waals surface area contributed by atoms with Gasteiger partial charge in [0.05, 0.1) is 6.04 Å². The highest BCUT2D eigenvalue weighted by molar-refractivity contribution is 7.80. The number of hydrogen-bond donors (Lipinski definition) is 3. The summed E-state index contributed by atoms with van der Waals surface area (Å²) in [5, 5.41) is 19.7. The first-order valence-corrected chi connectivity index (χ1v) is 9.21. The minimum atomic E-state index is -1.11. The molecule has 1 aromatic carbocycles. The van der Waals surface area contributed by atoms with E-state index in [9.17, 15) is 24.6 Å². The second-order valence-corrected chi connectivity index (χ2v) is 7.97. The Balaban J connectivity index is 2.45. The van der Waals surface area contributed by atoms with Gasteiger partial charge in [0.1, 0.15) is 17.7 Å². The molecule has 0 bridgehead atoms. The van der Waals surface area contributed by atoms with E-state index < -0.39 is 35.3 Å². The molecule has 1 saturated heterocycles. The van der Waals surface area contributed by atoms with Gasteiger partial charge in [0, 0.05) is 16.7 Å². The summed E-state index contributed by atoms with van der Waals surface area (Å²) in [5.41, 5.74) is -0.253. The summed E-state index contributed by atoms with van der Waals surface area (Å²) in [7, 11) is 0. The Labute approximate surface area is 158 Å². The van der Waals surface area contributed by atoms with E-state index in [4.69, 9.17) is 0 Å². The van der Waals surface area contributed by atoms with E-state index in [0.29, 0.717) is 12.0 Å². The number of carbonyl (C=O) groups is 3. The van der Waals surface area contributed by atoms with E-state index in [1.807, 2.05) is 0 Å². The fourth-order valence-electron chi connectivity index (χ4n) is 3.41. The SMILES string of the molecule is CC(C)(C)C(=O)[C@H](CS)C(=O)N1C(C(=O)O)CCC1c1ccccc1O. The van der Waals surface area contributed by atoms with Crippen LogP contribution in [0, 0.1) is 11.3 Å². The smallest absolute Gasteiger partial charge is 0.326 e. The Morgan fingerprint density at radius 2 is 1.85 bits per heavy atom. The number of nitrogens with zero attached hydrogens (tertiary/aromatic N) is 1. The van der Waals surface area contributed by atoms with E-state index in [1.54, 1.807) is 39.0 Å². The zero-order valence-corrected chi connectivity index (χ0v) is 16.1. The van der Waals surface area contributed by atoms with E-state index in [-0.39, 0.29) is 23.7 Å². The first-order valence-electron chi connectivity index (χ1n) is 8.57. The van der Waals surface area contributed by atoms with E-state index >= 15 is 0 Å². The molecule has 0 radical (unpaired) electrons. The number of para-hydroxylation sites is 1. The molecule has 6 nitrogen and oxygen atoms in total. The van der Waals surface area contributed by atoms with Gasteiger partial charge in [-0.3, -0.25) is 9.59 Å². The predicted molar refractivity (Wildman–Crippen MR) is 100 cm³/mol. The number of thiol groups is 1. The van der Waals surface area contributed by atoms with Crippen LogP contribution in [0.3, 0.4) is 0 Å². The quantitative estimate of drug-likeness (QED) is 0.540. The number of carbonyl (C=O) groups excluding carboxylic acids is 2. The molecular formula is C19H25NO5S. The molecule has 1 fully saturated rings. The molecule has 142 valence electrons. The highest BCUT2D eigenvalue weighted by atomic mass is 32.1. The van der Waals surface area contributed by atoms with Crippen molar-refractivity contribution in [3.63, 3.8) is 0 Å². The zero-order valence-electron chi connectivity index (χ0n) is 15.2. The maximum Gasteiger partial charge on any atom is 0.326 e. The number of Topliss-reactive ketones (excluding diaryl/α,β-unsaturated/α-hetero) is 1. The van der Waals surface area contributed by atoms with Crippen LogP contribution in [-0.2, 0) is 14.4 Å². The number of phenolic OH excluding ortho intramolecular Hbond substituents is 1. The summed E-state index contributed by atoms with van der Waals surface area (Å²) < 4.78 is 0. The Morgan fingerprint density at radius 1 is 1.23 bits per heavy atom. The minimum Gasteiger partial charge on any atom is -0.508 e. The number of carboxylic acid groups (broad SMARTS) is 1. The first kappa shape index (κ1) is 20.3. The second kappa shape index (κ2) is 7.70. The molecule has 2 rings (SSSR count). The van der Waals surface area contributed by atoms with Crippen LogP contribution in [0.1, 0.15) is 45.2 Å². The van der Waals surface area contributed by atoms with Gasteiger partial charge in [-0.25, -0.2) is 4.79 Å². The molecule has 2 N–H and O–H groups in total. The van der Waals surface area contributed by atoms with Gasteiger partial charge in [-0.1, -0.05) is 39.0 Å². The lowest BCUT2D eigenvalue weighted by Crippen LogP contribution is -2.48. The maximum absolute atomic E-state index is 13.2. The number of hydrogen-bond acceptors (Lipinski definition) is 5. The lowest BCUT2D eigenvalue weighted by Gasteiger charge is -2.33. The standard InChI is InChI=1S/C19H25NO5S/c1-19(2,3)16(22)12(10-26)17(23)20-13(8-9-14(20)18(24)25)11-6-4-5-7-15(11)21/h4-7,12-14,21,26H,8-10H2,1-3H3,(H,24,25)/t12-,13?,14?/m0/s1. The number of carboxylic acids is 1. The molecule has 26 heavy (non-hydrogen) atoms. The largest absolute Gasteiger partial charge is 0.508 e. The highest BCUT2D eigenvalue weighted by Gasteiger charge is 2.46. The normalized spacial score (nSPS) is 21.5. The third-order valence-electron chi connectivity index (χ3n) is 4.76. The van der Waals surface area contributed by atoms with Crippen molar-refractivity contribution in [2.24, 2.45) is 11.3 Å². The van der Waals surface area contributed by atoms with Crippen molar-refractivity contribution in [1.82, 2.24) is 4.90 Å². The van der Waals surface area contributed by atoms with Gasteiger partial charge in [0.25, 0.3) is 0 Å². The number of likely N-dealkylation sites (tertiary alicyclic amines) is 1. The van der Waals surface area contributed by atoms with Crippen molar-refractivity contribution < 1.29 is 24.6 Å². The van der Waals surface area contributed by atoms with E-state index in [0.717, 1.165) is 0 Å². The number of aliphatic carboxylic acids is 1. The van der Waals surface area contributed by atoms with Crippen LogP contribution in [0.15, 0.2) is 24.3 Å². The number of aromatic hydroxyl groups is 1. The van der Waals surface area contributed by atoms with Crippen molar-refractivity contribution >= 4 is 30.3 Å². The number of rotatable bonds is 5. The van der Waals surface area contributed by atoms with Crippen LogP contribution in [0.4, 0.5) is 0 Å². The van der Waals surface area contributed by atoms with Gasteiger partial charge in [0.15, 0.2) is 5.78 Å². The molecular weight excluding hydrogens is 354 g/mol. The summed E-state index contributed by atoms with van der Waals surface area (Å²) >= 11 is 4.17.